The summed E-state index contributed by atoms with van der Waals surface area (Å²) >= 11 is 0. The molecule has 0 unspecified atom stereocenters. The molecule has 4 heterocycles. The van der Waals surface area contributed by atoms with Crippen molar-refractivity contribution in [2.24, 2.45) is 0 Å². The number of carbonyl (C=O) groups excluding carboxylic acids is 1. The van der Waals surface area contributed by atoms with Crippen LogP contribution in [0.2, 0.25) is 0 Å². The lowest BCUT2D eigenvalue weighted by molar-refractivity contribution is -0.121. The summed E-state index contributed by atoms with van der Waals surface area (Å²) in [5, 5.41) is 6.78. The highest BCUT2D eigenvalue weighted by atomic mass is 16.5. The Hall–Kier alpha value is -3.55. The molecule has 0 saturated heterocycles. The molecular formula is C18H16N6O2. The van der Waals surface area contributed by atoms with Crippen LogP contribution in [0.1, 0.15) is 18.0 Å². The first-order valence-corrected chi connectivity index (χ1v) is 8.20. The van der Waals surface area contributed by atoms with E-state index in [0.717, 1.165) is 16.9 Å². The van der Waals surface area contributed by atoms with Gasteiger partial charge < -0.3 is 14.2 Å². The van der Waals surface area contributed by atoms with Crippen molar-refractivity contribution in [1.82, 2.24) is 29.8 Å². The molecule has 0 saturated carbocycles. The normalized spacial score (nSPS) is 10.9. The molecule has 8 nitrogen and oxygen atoms in total. The van der Waals surface area contributed by atoms with Gasteiger partial charge in [-0.15, -0.1) is 0 Å². The lowest BCUT2D eigenvalue weighted by Gasteiger charge is -2.01. The number of fused-ring (bicyclic) bond motifs is 1. The van der Waals surface area contributed by atoms with E-state index in [1.807, 2.05) is 35.0 Å². The molecule has 0 fully saturated rings. The maximum Gasteiger partial charge on any atom is 0.227 e. The maximum absolute atomic E-state index is 12.0. The summed E-state index contributed by atoms with van der Waals surface area (Å²) in [7, 11) is 0. The summed E-state index contributed by atoms with van der Waals surface area (Å²) in [6, 6.07) is 9.38. The van der Waals surface area contributed by atoms with E-state index in [-0.39, 0.29) is 12.3 Å². The first-order chi connectivity index (χ1) is 12.8. The predicted molar refractivity (Wildman–Crippen MR) is 92.9 cm³/mol. The van der Waals surface area contributed by atoms with E-state index < -0.39 is 0 Å². The molecule has 0 aliphatic rings. The van der Waals surface area contributed by atoms with Crippen LogP contribution in [0.5, 0.6) is 0 Å². The molecule has 0 atom stereocenters. The number of hydrogen-bond donors (Lipinski definition) is 1. The summed E-state index contributed by atoms with van der Waals surface area (Å²) in [5.74, 6) is 0.831. The van der Waals surface area contributed by atoms with Gasteiger partial charge in [0.05, 0.1) is 12.2 Å². The molecule has 4 aromatic heterocycles. The monoisotopic (exact) mass is 348 g/mol. The van der Waals surface area contributed by atoms with Crippen molar-refractivity contribution in [3.63, 3.8) is 0 Å². The van der Waals surface area contributed by atoms with E-state index in [1.165, 1.54) is 0 Å². The minimum atomic E-state index is -0.0919. The van der Waals surface area contributed by atoms with Gasteiger partial charge in [0, 0.05) is 43.2 Å². The van der Waals surface area contributed by atoms with Crippen LogP contribution in [0.25, 0.3) is 17.0 Å². The molecular weight excluding hydrogens is 332 g/mol. The zero-order valence-electron chi connectivity index (χ0n) is 13.9. The van der Waals surface area contributed by atoms with Gasteiger partial charge in [0.25, 0.3) is 0 Å². The Morgan fingerprint density at radius 3 is 2.88 bits per heavy atom. The summed E-state index contributed by atoms with van der Waals surface area (Å²) < 4.78 is 7.11. The second kappa shape index (κ2) is 7.14. The van der Waals surface area contributed by atoms with E-state index in [0.29, 0.717) is 24.7 Å². The second-order valence-electron chi connectivity index (χ2n) is 5.72. The minimum Gasteiger partial charge on any atom is -0.350 e. The molecule has 0 aliphatic carbocycles. The standard InChI is InChI=1S/C18H16N6O2/c25-16(20-11-14-12-24-10-2-1-3-15(24)21-14)4-5-17-22-18(23-26-17)13-6-8-19-9-7-13/h1-3,6-10,12H,4-5,11H2,(H,20,25). The lowest BCUT2D eigenvalue weighted by Crippen LogP contribution is -2.23. The SMILES string of the molecule is O=C(CCc1nc(-c2ccncc2)no1)NCc1cn2ccccc2n1. The van der Waals surface area contributed by atoms with E-state index in [1.54, 1.807) is 24.5 Å². The third-order valence-electron chi connectivity index (χ3n) is 3.85. The smallest absolute Gasteiger partial charge is 0.227 e. The van der Waals surface area contributed by atoms with Crippen molar-refractivity contribution in [2.45, 2.75) is 19.4 Å². The highest BCUT2D eigenvalue weighted by Gasteiger charge is 2.11. The van der Waals surface area contributed by atoms with Crippen LogP contribution in [-0.2, 0) is 17.8 Å². The van der Waals surface area contributed by atoms with Gasteiger partial charge in [-0.2, -0.15) is 4.98 Å². The fourth-order valence-electron chi connectivity index (χ4n) is 2.55. The Kier molecular flexibility index (Phi) is 4.38. The average molecular weight is 348 g/mol. The Morgan fingerprint density at radius 1 is 1.15 bits per heavy atom. The average Bonchev–Trinajstić information content (AvgIpc) is 3.32. The van der Waals surface area contributed by atoms with Crippen molar-refractivity contribution < 1.29 is 9.32 Å². The van der Waals surface area contributed by atoms with Crippen molar-refractivity contribution >= 4 is 11.6 Å². The quantitative estimate of drug-likeness (QED) is 0.572. The summed E-state index contributed by atoms with van der Waals surface area (Å²) in [6.45, 7) is 0.382. The zero-order valence-corrected chi connectivity index (χ0v) is 13.9. The van der Waals surface area contributed by atoms with Gasteiger partial charge in [0.15, 0.2) is 0 Å². The Morgan fingerprint density at radius 2 is 2.04 bits per heavy atom. The number of nitrogens with one attached hydrogen (secondary N) is 1. The molecule has 4 aromatic rings. The molecule has 0 spiro atoms. The Balaban J connectivity index is 1.29. The van der Waals surface area contributed by atoms with Crippen molar-refractivity contribution in [3.8, 4) is 11.4 Å². The minimum absolute atomic E-state index is 0.0919. The molecule has 0 aliphatic heterocycles. The van der Waals surface area contributed by atoms with Gasteiger partial charge in [-0.25, -0.2) is 4.98 Å². The van der Waals surface area contributed by atoms with Gasteiger partial charge >= 0.3 is 0 Å². The Labute approximate surface area is 148 Å². The number of carbonyl (C=O) groups is 1. The predicted octanol–water partition coefficient (Wildman–Crippen LogP) is 2.03. The third-order valence-corrected chi connectivity index (χ3v) is 3.85. The van der Waals surface area contributed by atoms with Gasteiger partial charge in [-0.05, 0) is 24.3 Å². The molecule has 0 radical (unpaired) electrons. The van der Waals surface area contributed by atoms with Crippen LogP contribution >= 0.6 is 0 Å². The van der Waals surface area contributed by atoms with Crippen LogP contribution in [0, 0.1) is 0 Å². The summed E-state index contributed by atoms with van der Waals surface area (Å²) in [4.78, 5) is 24.7. The number of imidazole rings is 1. The molecule has 26 heavy (non-hydrogen) atoms. The van der Waals surface area contributed by atoms with E-state index >= 15 is 0 Å². The van der Waals surface area contributed by atoms with E-state index in [2.05, 4.69) is 25.4 Å². The van der Waals surface area contributed by atoms with Gasteiger partial charge in [-0.3, -0.25) is 9.78 Å². The van der Waals surface area contributed by atoms with Gasteiger partial charge in [0.1, 0.15) is 5.65 Å². The molecule has 1 N–H and O–H groups in total. The summed E-state index contributed by atoms with van der Waals surface area (Å²) in [5.41, 5.74) is 2.49. The third kappa shape index (κ3) is 3.59. The molecule has 130 valence electrons. The molecule has 1 amide bonds. The number of pyridine rings is 2. The number of aromatic nitrogens is 5. The first kappa shape index (κ1) is 15.9. The number of nitrogens with zero attached hydrogens (tertiary/aromatic N) is 5. The fraction of sp³-hybridized carbons (Fsp3) is 0.167. The second-order valence-corrected chi connectivity index (χ2v) is 5.72. The highest BCUT2D eigenvalue weighted by molar-refractivity contribution is 5.76. The van der Waals surface area contributed by atoms with E-state index in [9.17, 15) is 4.79 Å². The van der Waals surface area contributed by atoms with Crippen LogP contribution < -0.4 is 5.32 Å². The lowest BCUT2D eigenvalue weighted by atomic mass is 10.2. The maximum atomic E-state index is 12.0. The van der Waals surface area contributed by atoms with Crippen LogP contribution in [-0.4, -0.2) is 30.4 Å². The van der Waals surface area contributed by atoms with Gasteiger partial charge in [-0.1, -0.05) is 11.2 Å². The number of hydrogen-bond acceptors (Lipinski definition) is 6. The first-order valence-electron chi connectivity index (χ1n) is 8.20. The van der Waals surface area contributed by atoms with Crippen molar-refractivity contribution in [3.05, 3.63) is 66.7 Å². The fourth-order valence-corrected chi connectivity index (χ4v) is 2.55. The number of amides is 1. The number of rotatable bonds is 6. The summed E-state index contributed by atoms with van der Waals surface area (Å²) in [6.07, 6.45) is 7.80. The van der Waals surface area contributed by atoms with Crippen LogP contribution in [0.3, 0.4) is 0 Å². The van der Waals surface area contributed by atoms with Crippen molar-refractivity contribution in [2.75, 3.05) is 0 Å². The molecule has 8 heteroatoms. The van der Waals surface area contributed by atoms with Gasteiger partial charge in [0.2, 0.25) is 17.6 Å². The Bertz CT molecular complexity index is 991. The molecule has 4 rings (SSSR count). The van der Waals surface area contributed by atoms with Crippen LogP contribution in [0.4, 0.5) is 0 Å². The van der Waals surface area contributed by atoms with Crippen LogP contribution in [0.15, 0.2) is 59.6 Å². The number of aryl methyl sites for hydroxylation is 1. The highest BCUT2D eigenvalue weighted by Crippen LogP contribution is 2.14. The van der Waals surface area contributed by atoms with E-state index in [4.69, 9.17) is 4.52 Å². The molecule has 0 bridgehead atoms. The largest absolute Gasteiger partial charge is 0.350 e. The zero-order chi connectivity index (χ0) is 17.8. The van der Waals surface area contributed by atoms with Crippen molar-refractivity contribution in [1.29, 1.82) is 0 Å². The molecule has 0 aromatic carbocycles. The topological polar surface area (TPSA) is 98.2 Å².